The first-order valence-corrected chi connectivity index (χ1v) is 10.5. The van der Waals surface area contributed by atoms with Crippen molar-refractivity contribution in [2.45, 2.75) is 30.2 Å². The van der Waals surface area contributed by atoms with E-state index in [0.29, 0.717) is 34.7 Å². The number of fused-ring (bicyclic) bond motifs is 1. The van der Waals surface area contributed by atoms with Crippen LogP contribution in [0.25, 0.3) is 0 Å². The maximum Gasteiger partial charge on any atom is 0.262 e. The smallest absolute Gasteiger partial charge is 0.262 e. The molecule has 2 N–H and O–H groups in total. The quantitative estimate of drug-likeness (QED) is 0.764. The third kappa shape index (κ3) is 4.00. The van der Waals surface area contributed by atoms with Gasteiger partial charge in [-0.25, -0.2) is 8.42 Å². The molecule has 3 rings (SSSR count). The monoisotopic (exact) mass is 410 g/mol. The van der Waals surface area contributed by atoms with Crippen LogP contribution in [0.2, 0.25) is 5.02 Å². The highest BCUT2D eigenvalue weighted by molar-refractivity contribution is 7.92. The van der Waals surface area contributed by atoms with Crippen LogP contribution < -0.4 is 19.5 Å². The van der Waals surface area contributed by atoms with Crippen LogP contribution >= 0.6 is 11.6 Å². The van der Waals surface area contributed by atoms with Gasteiger partial charge in [-0.15, -0.1) is 0 Å². The average Bonchev–Trinajstić information content (AvgIpc) is 2.66. The highest BCUT2D eigenvalue weighted by Crippen LogP contribution is 2.36. The first-order valence-electron chi connectivity index (χ1n) is 8.62. The van der Waals surface area contributed by atoms with Crippen molar-refractivity contribution in [3.8, 4) is 11.5 Å². The van der Waals surface area contributed by atoms with Crippen molar-refractivity contribution < 1.29 is 17.9 Å². The summed E-state index contributed by atoms with van der Waals surface area (Å²) in [7, 11) is 1.17. The lowest BCUT2D eigenvalue weighted by atomic mass is 9.87. The Kier molecular flexibility index (Phi) is 5.83. The molecule has 0 spiro atoms. The van der Waals surface area contributed by atoms with Gasteiger partial charge in [0, 0.05) is 16.6 Å². The number of methoxy groups -OCH3 is 2. The number of likely N-dealkylation sites (N-methyl/N-ethyl adjacent to an activating group) is 1. The molecule has 2 aromatic carbocycles. The summed E-state index contributed by atoms with van der Waals surface area (Å²) in [6.45, 7) is 0. The molecule has 0 fully saturated rings. The fourth-order valence-corrected chi connectivity index (χ4v) is 4.99. The van der Waals surface area contributed by atoms with Crippen LogP contribution in [0.5, 0.6) is 11.5 Å². The number of nitrogens with one attached hydrogen (secondary N) is 2. The van der Waals surface area contributed by atoms with E-state index in [2.05, 4.69) is 10.0 Å². The molecule has 1 unspecified atom stereocenters. The van der Waals surface area contributed by atoms with Gasteiger partial charge in [0.15, 0.2) is 0 Å². The Labute approximate surface area is 164 Å². The van der Waals surface area contributed by atoms with E-state index in [9.17, 15) is 8.42 Å². The van der Waals surface area contributed by atoms with Crippen LogP contribution in [0.1, 0.15) is 17.5 Å². The Morgan fingerprint density at radius 1 is 1.07 bits per heavy atom. The molecule has 0 saturated heterocycles. The zero-order valence-corrected chi connectivity index (χ0v) is 17.1. The lowest BCUT2D eigenvalue weighted by Crippen LogP contribution is -2.32. The molecule has 6 nitrogen and oxygen atoms in total. The molecule has 2 aromatic rings. The van der Waals surface area contributed by atoms with Crippen molar-refractivity contribution in [2.24, 2.45) is 0 Å². The molecule has 1 aliphatic carbocycles. The van der Waals surface area contributed by atoms with Gasteiger partial charge >= 0.3 is 0 Å². The number of ether oxygens (including phenoxy) is 2. The van der Waals surface area contributed by atoms with Crippen LogP contribution in [0.4, 0.5) is 5.69 Å². The number of halogens is 1. The summed E-state index contributed by atoms with van der Waals surface area (Å²) in [5.41, 5.74) is 2.04. The molecular formula is C19H23ClN2O4S. The maximum atomic E-state index is 13.1. The summed E-state index contributed by atoms with van der Waals surface area (Å²) in [6.07, 6.45) is 2.24. The first-order chi connectivity index (χ1) is 12.9. The third-order valence-corrected chi connectivity index (χ3v) is 6.55. The molecule has 146 valence electrons. The molecule has 0 heterocycles. The molecule has 27 heavy (non-hydrogen) atoms. The lowest BCUT2D eigenvalue weighted by molar-refractivity contribution is 0.397. The summed E-state index contributed by atoms with van der Waals surface area (Å²) >= 11 is 6.02. The molecule has 0 radical (unpaired) electrons. The minimum atomic E-state index is -3.82. The lowest BCUT2D eigenvalue weighted by Gasteiger charge is -2.27. The van der Waals surface area contributed by atoms with Crippen molar-refractivity contribution in [2.75, 3.05) is 26.0 Å². The number of benzene rings is 2. The largest absolute Gasteiger partial charge is 0.496 e. The normalized spacial score (nSPS) is 16.5. The van der Waals surface area contributed by atoms with E-state index < -0.39 is 10.0 Å². The Hall–Kier alpha value is -1.96. The molecular weight excluding hydrogens is 388 g/mol. The van der Waals surface area contributed by atoms with Crippen LogP contribution in [-0.4, -0.2) is 35.7 Å². The topological polar surface area (TPSA) is 76.7 Å². The third-order valence-electron chi connectivity index (χ3n) is 4.86. The minimum absolute atomic E-state index is 0.259. The fraction of sp³-hybridized carbons (Fsp3) is 0.368. The highest BCUT2D eigenvalue weighted by atomic mass is 35.5. The van der Waals surface area contributed by atoms with E-state index in [1.54, 1.807) is 31.4 Å². The molecule has 8 heteroatoms. The van der Waals surface area contributed by atoms with Crippen molar-refractivity contribution in [1.82, 2.24) is 5.32 Å². The molecule has 0 saturated carbocycles. The maximum absolute atomic E-state index is 13.1. The zero-order valence-electron chi connectivity index (χ0n) is 15.5. The molecule has 1 atom stereocenters. The van der Waals surface area contributed by atoms with E-state index >= 15 is 0 Å². The number of sulfonamides is 1. The number of hydrogen-bond donors (Lipinski definition) is 2. The van der Waals surface area contributed by atoms with Crippen LogP contribution in [0, 0.1) is 0 Å². The van der Waals surface area contributed by atoms with Gasteiger partial charge in [-0.3, -0.25) is 4.72 Å². The van der Waals surface area contributed by atoms with Crippen molar-refractivity contribution in [1.29, 1.82) is 0 Å². The number of hydrogen-bond acceptors (Lipinski definition) is 5. The van der Waals surface area contributed by atoms with Gasteiger partial charge in [0.1, 0.15) is 11.5 Å². The molecule has 0 bridgehead atoms. The van der Waals surface area contributed by atoms with E-state index in [1.807, 2.05) is 7.05 Å². The van der Waals surface area contributed by atoms with Crippen LogP contribution in [-0.2, 0) is 22.9 Å². The molecule has 0 amide bonds. The minimum Gasteiger partial charge on any atom is -0.496 e. The van der Waals surface area contributed by atoms with E-state index in [4.69, 9.17) is 21.1 Å². The average molecular weight is 411 g/mol. The van der Waals surface area contributed by atoms with Crippen molar-refractivity contribution in [3.63, 3.8) is 0 Å². The van der Waals surface area contributed by atoms with Gasteiger partial charge in [0.2, 0.25) is 0 Å². The van der Waals surface area contributed by atoms with Gasteiger partial charge in [-0.1, -0.05) is 11.6 Å². The van der Waals surface area contributed by atoms with Gasteiger partial charge in [-0.05, 0) is 62.2 Å². The summed E-state index contributed by atoms with van der Waals surface area (Å²) in [4.78, 5) is 0.259. The Balaban J connectivity index is 2.04. The first kappa shape index (κ1) is 19.8. The molecule has 0 aromatic heterocycles. The van der Waals surface area contributed by atoms with Gasteiger partial charge in [0.25, 0.3) is 10.0 Å². The molecule has 1 aliphatic rings. The van der Waals surface area contributed by atoms with Crippen molar-refractivity contribution in [3.05, 3.63) is 46.5 Å². The van der Waals surface area contributed by atoms with E-state index in [0.717, 1.165) is 24.0 Å². The second-order valence-electron chi connectivity index (χ2n) is 6.40. The molecule has 0 aliphatic heterocycles. The summed E-state index contributed by atoms with van der Waals surface area (Å²) in [5.74, 6) is 1.12. The Morgan fingerprint density at radius 2 is 1.78 bits per heavy atom. The second-order valence-corrected chi connectivity index (χ2v) is 8.49. The standard InChI is InChI=1S/C19H23ClN2O4S/c1-21-13-5-6-14-15(11-13)17(25-2)8-9-19(14)27(23,24)22-16-10-12(20)4-7-18(16)26-3/h4,7-10,13,21-22H,5-6,11H2,1-3H3. The van der Waals surface area contributed by atoms with Gasteiger partial charge in [0.05, 0.1) is 24.8 Å². The van der Waals surface area contributed by atoms with Crippen molar-refractivity contribution >= 4 is 27.3 Å². The predicted molar refractivity (Wildman–Crippen MR) is 107 cm³/mol. The highest BCUT2D eigenvalue weighted by Gasteiger charge is 2.28. The predicted octanol–water partition coefficient (Wildman–Crippen LogP) is 3.23. The fourth-order valence-electron chi connectivity index (χ4n) is 3.46. The van der Waals surface area contributed by atoms with Gasteiger partial charge in [-0.2, -0.15) is 0 Å². The van der Waals surface area contributed by atoms with Crippen LogP contribution in [0.15, 0.2) is 35.2 Å². The summed E-state index contributed by atoms with van der Waals surface area (Å²) in [6, 6.07) is 8.40. The Morgan fingerprint density at radius 3 is 2.44 bits per heavy atom. The second kappa shape index (κ2) is 7.96. The van der Waals surface area contributed by atoms with Crippen LogP contribution in [0.3, 0.4) is 0 Å². The number of anilines is 1. The van der Waals surface area contributed by atoms with Gasteiger partial charge < -0.3 is 14.8 Å². The van der Waals surface area contributed by atoms with E-state index in [-0.39, 0.29) is 4.90 Å². The zero-order chi connectivity index (χ0) is 19.6. The van der Waals surface area contributed by atoms with E-state index in [1.165, 1.54) is 13.2 Å². The number of rotatable bonds is 6. The summed E-state index contributed by atoms with van der Waals surface area (Å²) < 4.78 is 39.6. The Bertz CT molecular complexity index is 947. The SMILES string of the molecule is CNC1CCc2c(S(=O)(=O)Nc3cc(Cl)ccc3OC)ccc(OC)c2C1. The summed E-state index contributed by atoms with van der Waals surface area (Å²) in [5, 5.41) is 3.68.